The van der Waals surface area contributed by atoms with Crippen LogP contribution in [0.25, 0.3) is 0 Å². The number of fused-ring (bicyclic) bond motifs is 1. The van der Waals surface area contributed by atoms with Gasteiger partial charge in [-0.2, -0.15) is 0 Å². The number of benzene rings is 1. The maximum atomic E-state index is 6.35. The Hall–Kier alpha value is 0.110. The smallest absolute Gasteiger partial charge is 0.0546 e. The molecule has 0 spiro atoms. The minimum atomic E-state index is 0.375. The minimum absolute atomic E-state index is 0.375. The molecule has 3 rings (SSSR count). The lowest BCUT2D eigenvalue weighted by atomic mass is 10.0. The molecule has 1 heterocycles. The first kappa shape index (κ1) is 12.2. The lowest BCUT2D eigenvalue weighted by Gasteiger charge is -2.31. The molecule has 17 heavy (non-hydrogen) atoms. The van der Waals surface area contributed by atoms with Gasteiger partial charge >= 0.3 is 0 Å². The molecule has 0 saturated heterocycles. The highest BCUT2D eigenvalue weighted by molar-refractivity contribution is 8.00. The van der Waals surface area contributed by atoms with E-state index in [-0.39, 0.29) is 0 Å². The Morgan fingerprint density at radius 1 is 1.24 bits per heavy atom. The van der Waals surface area contributed by atoms with Gasteiger partial charge in [0.1, 0.15) is 0 Å². The van der Waals surface area contributed by atoms with E-state index < -0.39 is 0 Å². The molecule has 1 aromatic rings. The van der Waals surface area contributed by atoms with E-state index in [2.05, 4.69) is 12.2 Å². The van der Waals surface area contributed by atoms with Crippen molar-refractivity contribution < 1.29 is 0 Å². The topological polar surface area (TPSA) is 12.0 Å². The van der Waals surface area contributed by atoms with Crippen molar-refractivity contribution in [3.63, 3.8) is 0 Å². The van der Waals surface area contributed by atoms with Gasteiger partial charge in [-0.1, -0.05) is 30.1 Å². The van der Waals surface area contributed by atoms with Gasteiger partial charge in [0.15, 0.2) is 0 Å². The van der Waals surface area contributed by atoms with Crippen LogP contribution in [-0.2, 0) is 0 Å². The maximum absolute atomic E-state index is 6.35. The Bertz CT molecular complexity index is 445. The van der Waals surface area contributed by atoms with Crippen LogP contribution in [0, 0.1) is 0 Å². The van der Waals surface area contributed by atoms with Crippen LogP contribution in [0.5, 0.6) is 0 Å². The predicted octanol–water partition coefficient (Wildman–Crippen LogP) is 4.67. The van der Waals surface area contributed by atoms with Gasteiger partial charge in [-0.25, -0.2) is 0 Å². The summed E-state index contributed by atoms with van der Waals surface area (Å²) in [6.07, 6.45) is 3.73. The van der Waals surface area contributed by atoms with E-state index in [4.69, 9.17) is 23.2 Å². The van der Waals surface area contributed by atoms with Gasteiger partial charge in [0.05, 0.1) is 5.02 Å². The van der Waals surface area contributed by atoms with E-state index in [1.807, 2.05) is 23.9 Å². The molecular weight excluding hydrogens is 273 g/mol. The van der Waals surface area contributed by atoms with Crippen molar-refractivity contribution in [1.29, 1.82) is 0 Å². The van der Waals surface area contributed by atoms with Crippen LogP contribution in [0.2, 0.25) is 10.0 Å². The SMILES string of the molecule is CC1CC(NC2CC2)c2c(Cl)ccc(Cl)c2S1. The average molecular weight is 288 g/mol. The molecule has 0 radical (unpaired) electrons. The van der Waals surface area contributed by atoms with Crippen LogP contribution in [0.3, 0.4) is 0 Å². The van der Waals surface area contributed by atoms with E-state index in [1.165, 1.54) is 23.3 Å². The van der Waals surface area contributed by atoms with Crippen LogP contribution in [0.4, 0.5) is 0 Å². The second-order valence-electron chi connectivity index (χ2n) is 4.93. The van der Waals surface area contributed by atoms with Crippen molar-refractivity contribution in [2.75, 3.05) is 0 Å². The zero-order valence-corrected chi connectivity index (χ0v) is 12.0. The first-order chi connectivity index (χ1) is 8.15. The van der Waals surface area contributed by atoms with Crippen molar-refractivity contribution in [3.05, 3.63) is 27.7 Å². The van der Waals surface area contributed by atoms with Gasteiger partial charge in [0.25, 0.3) is 0 Å². The highest BCUT2D eigenvalue weighted by Gasteiger charge is 2.33. The van der Waals surface area contributed by atoms with Crippen molar-refractivity contribution >= 4 is 35.0 Å². The third-order valence-corrected chi connectivity index (χ3v) is 5.37. The number of halogens is 2. The quantitative estimate of drug-likeness (QED) is 0.848. The standard InChI is InChI=1S/C13H15Cl2NS/c1-7-6-11(16-8-2-3-8)12-9(14)4-5-10(15)13(12)17-7/h4-5,7-8,11,16H,2-3,6H2,1H3. The summed E-state index contributed by atoms with van der Waals surface area (Å²) in [5, 5.41) is 5.97. The highest BCUT2D eigenvalue weighted by atomic mass is 35.5. The molecule has 2 aliphatic rings. The third kappa shape index (κ3) is 2.46. The maximum Gasteiger partial charge on any atom is 0.0546 e. The van der Waals surface area contributed by atoms with E-state index in [0.717, 1.165) is 16.5 Å². The number of thioether (sulfide) groups is 1. The number of hydrogen-bond donors (Lipinski definition) is 1. The van der Waals surface area contributed by atoms with Crippen LogP contribution >= 0.6 is 35.0 Å². The molecule has 0 aromatic heterocycles. The molecule has 1 aliphatic heterocycles. The molecule has 1 N–H and O–H groups in total. The summed E-state index contributed by atoms with van der Waals surface area (Å²) < 4.78 is 0. The number of hydrogen-bond acceptors (Lipinski definition) is 2. The van der Waals surface area contributed by atoms with Gasteiger partial charge in [-0.15, -0.1) is 11.8 Å². The number of rotatable bonds is 2. The molecule has 2 atom stereocenters. The summed E-state index contributed by atoms with van der Waals surface area (Å²) in [4.78, 5) is 1.18. The lowest BCUT2D eigenvalue weighted by Crippen LogP contribution is -2.29. The van der Waals surface area contributed by atoms with E-state index in [1.54, 1.807) is 0 Å². The predicted molar refractivity (Wildman–Crippen MR) is 75.3 cm³/mol. The van der Waals surface area contributed by atoms with Crippen molar-refractivity contribution in [2.45, 2.75) is 48.4 Å². The molecule has 1 nitrogen and oxygen atoms in total. The highest BCUT2D eigenvalue weighted by Crippen LogP contribution is 2.47. The molecule has 1 aliphatic carbocycles. The molecule has 1 saturated carbocycles. The van der Waals surface area contributed by atoms with Crippen molar-refractivity contribution in [2.24, 2.45) is 0 Å². The zero-order chi connectivity index (χ0) is 12.0. The molecule has 4 heteroatoms. The fourth-order valence-corrected chi connectivity index (χ4v) is 4.27. The Balaban J connectivity index is 2.00. The first-order valence-corrected chi connectivity index (χ1v) is 7.69. The van der Waals surface area contributed by atoms with Crippen LogP contribution in [-0.4, -0.2) is 11.3 Å². The minimum Gasteiger partial charge on any atom is -0.307 e. The summed E-state index contributed by atoms with van der Waals surface area (Å²) in [5.41, 5.74) is 1.22. The lowest BCUT2D eigenvalue weighted by molar-refractivity contribution is 0.483. The van der Waals surface area contributed by atoms with Crippen LogP contribution < -0.4 is 5.32 Å². The summed E-state index contributed by atoms with van der Waals surface area (Å²) in [6, 6.07) is 4.89. The van der Waals surface area contributed by atoms with E-state index >= 15 is 0 Å². The first-order valence-electron chi connectivity index (χ1n) is 6.05. The van der Waals surface area contributed by atoms with Gasteiger partial charge in [0, 0.05) is 32.8 Å². The largest absolute Gasteiger partial charge is 0.307 e. The second-order valence-corrected chi connectivity index (χ2v) is 7.19. The average Bonchev–Trinajstić information content (AvgIpc) is 3.07. The zero-order valence-electron chi connectivity index (χ0n) is 9.67. The normalized spacial score (nSPS) is 27.9. The van der Waals surface area contributed by atoms with Gasteiger partial charge in [0.2, 0.25) is 0 Å². The van der Waals surface area contributed by atoms with Crippen molar-refractivity contribution in [1.82, 2.24) is 5.32 Å². The summed E-state index contributed by atoms with van der Waals surface area (Å²) in [7, 11) is 0. The van der Waals surface area contributed by atoms with Gasteiger partial charge in [-0.05, 0) is 31.4 Å². The van der Waals surface area contributed by atoms with Crippen LogP contribution in [0.15, 0.2) is 17.0 Å². The molecule has 1 fully saturated rings. The van der Waals surface area contributed by atoms with Gasteiger partial charge < -0.3 is 5.32 Å². The molecule has 2 unspecified atom stereocenters. The Labute approximate surface area is 116 Å². The van der Waals surface area contributed by atoms with Crippen molar-refractivity contribution in [3.8, 4) is 0 Å². The monoisotopic (exact) mass is 287 g/mol. The van der Waals surface area contributed by atoms with E-state index in [0.29, 0.717) is 17.3 Å². The van der Waals surface area contributed by atoms with E-state index in [9.17, 15) is 0 Å². The molecule has 1 aromatic carbocycles. The Morgan fingerprint density at radius 3 is 2.65 bits per heavy atom. The Morgan fingerprint density at radius 2 is 1.94 bits per heavy atom. The molecule has 0 bridgehead atoms. The molecule has 92 valence electrons. The van der Waals surface area contributed by atoms with Gasteiger partial charge in [-0.3, -0.25) is 0 Å². The number of nitrogens with one attached hydrogen (secondary N) is 1. The fourth-order valence-electron chi connectivity index (χ4n) is 2.38. The summed E-state index contributed by atoms with van der Waals surface area (Å²) in [6.45, 7) is 2.26. The second kappa shape index (κ2) is 4.65. The van der Waals surface area contributed by atoms with Crippen LogP contribution in [0.1, 0.15) is 37.8 Å². The fraction of sp³-hybridized carbons (Fsp3) is 0.538. The molecule has 0 amide bonds. The molecular formula is C13H15Cl2NS. The summed E-state index contributed by atoms with van der Waals surface area (Å²) >= 11 is 14.5. The Kier molecular flexibility index (Phi) is 3.33. The third-order valence-electron chi connectivity index (χ3n) is 3.34. The summed E-state index contributed by atoms with van der Waals surface area (Å²) in [5.74, 6) is 0.